The molecule has 0 amide bonds. The summed E-state index contributed by atoms with van der Waals surface area (Å²) in [5.41, 5.74) is 7.09. The van der Waals surface area contributed by atoms with E-state index in [-0.39, 0.29) is 16.0 Å². The third-order valence-corrected chi connectivity index (χ3v) is 21.5. The van der Waals surface area contributed by atoms with E-state index in [1.165, 1.54) is 17.6 Å². The molecule has 0 unspecified atom stereocenters. The van der Waals surface area contributed by atoms with E-state index in [9.17, 15) is 4.79 Å². The first-order valence-corrected chi connectivity index (χ1v) is 26.0. The van der Waals surface area contributed by atoms with Gasteiger partial charge >= 0.3 is 5.97 Å². The minimum absolute atomic E-state index is 0.0884. The van der Waals surface area contributed by atoms with Gasteiger partial charge in [-0.3, -0.25) is 4.90 Å². The Labute approximate surface area is 333 Å². The van der Waals surface area contributed by atoms with Crippen molar-refractivity contribution in [2.45, 2.75) is 118 Å². The first-order chi connectivity index (χ1) is 25.1. The molecule has 5 rings (SSSR count). The van der Waals surface area contributed by atoms with E-state index in [1.807, 2.05) is 42.5 Å². The molecule has 3 aromatic rings. The zero-order valence-corrected chi connectivity index (χ0v) is 37.9. The zero-order valence-electron chi connectivity index (χ0n) is 35.1. The topological polar surface area (TPSA) is 51.2 Å². The molecular formula is C45H65ClN2O4Si2. The monoisotopic (exact) mass is 788 g/mol. The highest BCUT2D eigenvalue weighted by atomic mass is 35.5. The maximum absolute atomic E-state index is 14.0. The Morgan fingerprint density at radius 3 is 2.07 bits per heavy atom. The molecule has 1 saturated heterocycles. The quantitative estimate of drug-likeness (QED) is 0.180. The van der Waals surface area contributed by atoms with Crippen LogP contribution in [-0.2, 0) is 15.5 Å². The van der Waals surface area contributed by atoms with Crippen molar-refractivity contribution in [3.8, 4) is 11.5 Å². The number of piperazine rings is 1. The standard InChI is InChI=1S/C45H65ClN2O4Si2/c1-43(2,3)53(9,10)50-32-35-15-13-14-16-40(35)51-41-29-37(21-22-38(41)42(49)52-54(11,12)44(4,5)6)48-27-25-47(26-28-48)31-34-23-24-45(7,8)30-39(34)33-17-19-36(46)20-18-33/h13-22,29H,23-28,30-32H2,1-12H3. The molecule has 1 aliphatic carbocycles. The Hall–Kier alpha value is -2.89. The number of anilines is 1. The molecule has 0 atom stereocenters. The summed E-state index contributed by atoms with van der Waals surface area (Å²) < 4.78 is 19.7. The normalized spacial score (nSPS) is 17.5. The Balaban J connectivity index is 1.38. The zero-order chi connectivity index (χ0) is 39.7. The fourth-order valence-electron chi connectivity index (χ4n) is 6.61. The minimum atomic E-state index is -2.38. The number of carbonyl (C=O) groups is 1. The Bertz CT molecular complexity index is 1810. The molecule has 6 nitrogen and oxygen atoms in total. The summed E-state index contributed by atoms with van der Waals surface area (Å²) in [6.45, 7) is 31.8. The number of ether oxygens (including phenoxy) is 1. The lowest BCUT2D eigenvalue weighted by Gasteiger charge is -2.39. The molecule has 0 radical (unpaired) electrons. The van der Waals surface area contributed by atoms with Crippen molar-refractivity contribution in [1.29, 1.82) is 0 Å². The molecule has 0 aromatic heterocycles. The van der Waals surface area contributed by atoms with E-state index in [4.69, 9.17) is 25.2 Å². The first kappa shape index (κ1) is 42.3. The molecule has 0 saturated carbocycles. The summed E-state index contributed by atoms with van der Waals surface area (Å²) in [5, 5.41) is 0.752. The van der Waals surface area contributed by atoms with Gasteiger partial charge < -0.3 is 18.5 Å². The number of hydrogen-bond donors (Lipinski definition) is 0. The molecular weight excluding hydrogens is 724 g/mol. The molecule has 2 aliphatic rings. The van der Waals surface area contributed by atoms with Gasteiger partial charge in [0.15, 0.2) is 8.32 Å². The van der Waals surface area contributed by atoms with E-state index in [0.29, 0.717) is 29.1 Å². The summed E-state index contributed by atoms with van der Waals surface area (Å²) >= 11 is 6.26. The van der Waals surface area contributed by atoms with Crippen LogP contribution in [0.15, 0.2) is 72.3 Å². The Morgan fingerprint density at radius 2 is 1.44 bits per heavy atom. The van der Waals surface area contributed by atoms with Crippen LogP contribution in [0, 0.1) is 5.41 Å². The van der Waals surface area contributed by atoms with Crippen molar-refractivity contribution in [2.24, 2.45) is 5.41 Å². The van der Waals surface area contributed by atoms with E-state index in [1.54, 1.807) is 5.57 Å². The van der Waals surface area contributed by atoms with Crippen LogP contribution in [0.2, 0.25) is 41.3 Å². The lowest BCUT2D eigenvalue weighted by molar-refractivity contribution is 0.0710. The van der Waals surface area contributed by atoms with Crippen molar-refractivity contribution in [3.63, 3.8) is 0 Å². The molecule has 0 bridgehead atoms. The molecule has 1 aliphatic heterocycles. The third kappa shape index (κ3) is 10.3. The second-order valence-electron chi connectivity index (χ2n) is 19.3. The van der Waals surface area contributed by atoms with Gasteiger partial charge in [0.25, 0.3) is 8.32 Å². The Kier molecular flexibility index (Phi) is 12.8. The van der Waals surface area contributed by atoms with Crippen LogP contribution >= 0.6 is 11.6 Å². The lowest BCUT2D eigenvalue weighted by Crippen LogP contribution is -2.47. The molecule has 3 aromatic carbocycles. The largest absolute Gasteiger partial charge is 0.516 e. The minimum Gasteiger partial charge on any atom is -0.516 e. The van der Waals surface area contributed by atoms with Crippen molar-refractivity contribution >= 4 is 45.5 Å². The van der Waals surface area contributed by atoms with Crippen LogP contribution in [0.3, 0.4) is 0 Å². The summed E-state index contributed by atoms with van der Waals surface area (Å²) in [5.74, 6) is 0.879. The van der Waals surface area contributed by atoms with E-state index >= 15 is 0 Å². The molecule has 54 heavy (non-hydrogen) atoms. The highest BCUT2D eigenvalue weighted by Gasteiger charge is 2.41. The maximum atomic E-state index is 14.0. The van der Waals surface area contributed by atoms with Gasteiger partial charge in [0, 0.05) is 55.1 Å². The predicted octanol–water partition coefficient (Wildman–Crippen LogP) is 12.6. The van der Waals surface area contributed by atoms with Crippen LogP contribution in [0.4, 0.5) is 5.69 Å². The Morgan fingerprint density at radius 1 is 0.815 bits per heavy atom. The fraction of sp³-hybridized carbons (Fsp3) is 0.533. The summed E-state index contributed by atoms with van der Waals surface area (Å²) in [7, 11) is -4.39. The number of carbonyl (C=O) groups excluding carboxylic acids is 1. The number of benzene rings is 3. The van der Waals surface area contributed by atoms with Crippen molar-refractivity contribution in [2.75, 3.05) is 37.6 Å². The van der Waals surface area contributed by atoms with Gasteiger partial charge in [-0.1, -0.05) is 103 Å². The van der Waals surface area contributed by atoms with Gasteiger partial charge in [0.2, 0.25) is 0 Å². The summed E-state index contributed by atoms with van der Waals surface area (Å²) in [4.78, 5) is 19.0. The van der Waals surface area contributed by atoms with Crippen molar-refractivity contribution in [1.82, 2.24) is 4.90 Å². The molecule has 1 heterocycles. The number of rotatable bonds is 11. The summed E-state index contributed by atoms with van der Waals surface area (Å²) in [6, 6.07) is 22.4. The van der Waals surface area contributed by atoms with Crippen LogP contribution in [0.5, 0.6) is 11.5 Å². The number of nitrogens with zero attached hydrogens (tertiary/aromatic N) is 2. The van der Waals surface area contributed by atoms with Gasteiger partial charge in [-0.05, 0) is 102 Å². The second kappa shape index (κ2) is 16.3. The lowest BCUT2D eigenvalue weighted by atomic mass is 9.72. The van der Waals surface area contributed by atoms with E-state index in [2.05, 4.69) is 116 Å². The van der Waals surface area contributed by atoms with Crippen LogP contribution in [0.25, 0.3) is 5.57 Å². The first-order valence-electron chi connectivity index (χ1n) is 19.8. The number of para-hydroxylation sites is 1. The smallest absolute Gasteiger partial charge is 0.328 e. The third-order valence-electron chi connectivity index (χ3n) is 12.5. The van der Waals surface area contributed by atoms with Gasteiger partial charge in [0.1, 0.15) is 17.1 Å². The second-order valence-corrected chi connectivity index (χ2v) is 29.3. The average molecular weight is 790 g/mol. The number of allylic oxidation sites excluding steroid dienone is 1. The van der Waals surface area contributed by atoms with Gasteiger partial charge in [0.05, 0.1) is 6.61 Å². The average Bonchev–Trinajstić information content (AvgIpc) is 3.08. The number of hydrogen-bond acceptors (Lipinski definition) is 6. The van der Waals surface area contributed by atoms with Gasteiger partial charge in [-0.25, -0.2) is 4.79 Å². The molecule has 0 N–H and O–H groups in total. The van der Waals surface area contributed by atoms with E-state index in [0.717, 1.165) is 61.8 Å². The predicted molar refractivity (Wildman–Crippen MR) is 232 cm³/mol. The SMILES string of the molecule is CC1(C)CCC(CN2CCN(c3ccc(C(=O)O[Si](C)(C)C(C)(C)C)c(Oc4ccccc4CO[Si](C)(C)C(C)(C)C)c3)CC2)=C(c2ccc(Cl)cc2)C1. The molecule has 294 valence electrons. The van der Waals surface area contributed by atoms with Crippen LogP contribution < -0.4 is 9.64 Å². The highest BCUT2D eigenvalue weighted by Crippen LogP contribution is 2.44. The van der Waals surface area contributed by atoms with Crippen molar-refractivity contribution < 1.29 is 18.4 Å². The highest BCUT2D eigenvalue weighted by molar-refractivity contribution is 6.75. The van der Waals surface area contributed by atoms with Crippen LogP contribution in [-0.4, -0.2) is 60.2 Å². The van der Waals surface area contributed by atoms with E-state index < -0.39 is 16.6 Å². The maximum Gasteiger partial charge on any atom is 0.328 e. The molecule has 9 heteroatoms. The van der Waals surface area contributed by atoms with Crippen LogP contribution in [0.1, 0.15) is 96.1 Å². The van der Waals surface area contributed by atoms with Gasteiger partial charge in [-0.2, -0.15) is 0 Å². The number of halogens is 1. The fourth-order valence-corrected chi connectivity index (χ4v) is 8.57. The summed E-state index contributed by atoms with van der Waals surface area (Å²) in [6.07, 6.45) is 3.42. The molecule has 0 spiro atoms. The van der Waals surface area contributed by atoms with Gasteiger partial charge in [-0.15, -0.1) is 0 Å². The molecule has 1 fully saturated rings. The van der Waals surface area contributed by atoms with Crippen molar-refractivity contribution in [3.05, 3.63) is 94.0 Å².